The Morgan fingerprint density at radius 2 is 1.21 bits per heavy atom. The first-order valence-electron chi connectivity index (χ1n) is 6.18. The van der Waals surface area contributed by atoms with Gasteiger partial charge < -0.3 is 4.48 Å². The molecule has 0 bridgehead atoms. The Bertz CT molecular complexity index is 322. The van der Waals surface area contributed by atoms with E-state index in [1.165, 1.54) is 36.2 Å². The molecule has 6 heteroatoms. The van der Waals surface area contributed by atoms with Crippen LogP contribution < -0.4 is 0 Å². The molecule has 0 aliphatic rings. The van der Waals surface area contributed by atoms with Gasteiger partial charge in [-0.1, -0.05) is 30.3 Å². The van der Waals surface area contributed by atoms with Crippen LogP contribution in [0.4, 0.5) is 0 Å². The van der Waals surface area contributed by atoms with Crippen molar-refractivity contribution < 1.29 is 13.7 Å². The van der Waals surface area contributed by atoms with Crippen molar-refractivity contribution in [3.8, 4) is 0 Å². The number of nitrogens with zero attached hydrogens (tertiary/aromatic N) is 1. The standard InChI is InChI=1S/C13H22N.4ClH.Fe/c1-4-14(5-2,6-3)12-13-10-8-7-9-11-13;;;;;/h7-11H,4-6,12H2,1-3H3;4*1H;/q+1;;;;;+3/p-4. The molecule has 0 saturated heterocycles. The molecule has 0 aliphatic heterocycles. The summed E-state index contributed by atoms with van der Waals surface area (Å²) in [6.45, 7) is 11.7. The van der Waals surface area contributed by atoms with E-state index in [4.69, 9.17) is 40.4 Å². The van der Waals surface area contributed by atoms with E-state index in [1.54, 1.807) is 0 Å². The third kappa shape index (κ3) is 10.3. The SMILES string of the molecule is CC[N+](CC)(CC)Cc1ccccc1.[Cl][Fe-]([Cl])([Cl])[Cl]. The van der Waals surface area contributed by atoms with E-state index < -0.39 is 9.20 Å². The molecular formula is C13H22Cl4FeN. The first-order valence-corrected chi connectivity index (χ1v) is 12.3. The Morgan fingerprint density at radius 3 is 1.53 bits per heavy atom. The predicted molar refractivity (Wildman–Crippen MR) is 85.4 cm³/mol. The van der Waals surface area contributed by atoms with E-state index in [2.05, 4.69) is 51.1 Å². The van der Waals surface area contributed by atoms with Gasteiger partial charge in [-0.15, -0.1) is 0 Å². The second-order valence-electron chi connectivity index (χ2n) is 4.24. The van der Waals surface area contributed by atoms with Crippen molar-refractivity contribution in [3.63, 3.8) is 0 Å². The number of halogens is 4. The minimum atomic E-state index is -2.61. The molecule has 0 saturated carbocycles. The van der Waals surface area contributed by atoms with Crippen molar-refractivity contribution in [2.75, 3.05) is 19.6 Å². The molecule has 0 amide bonds. The molecule has 0 atom stereocenters. The second-order valence-corrected chi connectivity index (χ2v) is 15.2. The van der Waals surface area contributed by atoms with Crippen molar-refractivity contribution in [1.82, 2.24) is 0 Å². The average Bonchev–Trinajstić information content (AvgIpc) is 2.35. The Balaban J connectivity index is 0.000000555. The summed E-state index contributed by atoms with van der Waals surface area (Å²) in [5, 5.41) is 0. The van der Waals surface area contributed by atoms with Crippen molar-refractivity contribution >= 4 is 40.4 Å². The summed E-state index contributed by atoms with van der Waals surface area (Å²) in [7, 11) is 17.2. The molecule has 1 aromatic carbocycles. The van der Waals surface area contributed by atoms with Gasteiger partial charge in [0.1, 0.15) is 6.54 Å². The molecule has 0 N–H and O–H groups in total. The molecule has 19 heavy (non-hydrogen) atoms. The number of quaternary nitrogens is 1. The number of hydrogen-bond donors (Lipinski definition) is 0. The van der Waals surface area contributed by atoms with Gasteiger partial charge in [0.2, 0.25) is 0 Å². The maximum atomic E-state index is 4.95. The molecule has 0 heterocycles. The van der Waals surface area contributed by atoms with Gasteiger partial charge in [0, 0.05) is 5.56 Å². The number of rotatable bonds is 5. The van der Waals surface area contributed by atoms with Crippen LogP contribution in [0.1, 0.15) is 26.3 Å². The van der Waals surface area contributed by atoms with E-state index in [-0.39, 0.29) is 0 Å². The van der Waals surface area contributed by atoms with Gasteiger partial charge in [-0.25, -0.2) is 0 Å². The minimum absolute atomic E-state index is 1.17. The molecule has 0 fully saturated rings. The van der Waals surface area contributed by atoms with Crippen molar-refractivity contribution in [1.29, 1.82) is 0 Å². The second kappa shape index (κ2) is 9.73. The fourth-order valence-electron chi connectivity index (χ4n) is 1.98. The zero-order valence-corrected chi connectivity index (χ0v) is 15.7. The van der Waals surface area contributed by atoms with Crippen LogP contribution >= 0.6 is 40.4 Å². The van der Waals surface area contributed by atoms with E-state index >= 15 is 0 Å². The first-order chi connectivity index (χ1) is 8.76. The van der Waals surface area contributed by atoms with Crippen LogP contribution in [0.25, 0.3) is 0 Å². The van der Waals surface area contributed by atoms with Crippen molar-refractivity contribution in [3.05, 3.63) is 35.9 Å². The molecule has 0 unspecified atom stereocenters. The molecule has 115 valence electrons. The monoisotopic (exact) mass is 388 g/mol. The summed E-state index contributed by atoms with van der Waals surface area (Å²) < 4.78 is 1.20. The van der Waals surface area contributed by atoms with Gasteiger partial charge in [-0.2, -0.15) is 0 Å². The van der Waals surface area contributed by atoms with Crippen LogP contribution in [-0.2, 0) is 15.7 Å². The Labute approximate surface area is 136 Å². The molecule has 1 nitrogen and oxygen atoms in total. The topological polar surface area (TPSA) is 0 Å². The summed E-state index contributed by atoms with van der Waals surface area (Å²) in [6.07, 6.45) is 0. The molecule has 1 aromatic rings. The van der Waals surface area contributed by atoms with Crippen molar-refractivity contribution in [2.24, 2.45) is 0 Å². The van der Waals surface area contributed by atoms with E-state index in [0.29, 0.717) is 0 Å². The molecule has 1 rings (SSSR count). The zero-order chi connectivity index (χ0) is 14.9. The summed E-state index contributed by atoms with van der Waals surface area (Å²) in [5.41, 5.74) is 1.46. The van der Waals surface area contributed by atoms with Crippen LogP contribution in [0.5, 0.6) is 0 Å². The summed E-state index contributed by atoms with van der Waals surface area (Å²) >= 11 is 0. The normalized spacial score (nSPS) is 12.6. The van der Waals surface area contributed by atoms with Gasteiger partial charge in [0.25, 0.3) is 0 Å². The van der Waals surface area contributed by atoms with Gasteiger partial charge in [0.05, 0.1) is 19.6 Å². The molecule has 0 spiro atoms. The van der Waals surface area contributed by atoms with Crippen molar-refractivity contribution in [2.45, 2.75) is 27.3 Å². The van der Waals surface area contributed by atoms with Gasteiger partial charge in [-0.3, -0.25) is 0 Å². The fourth-order valence-corrected chi connectivity index (χ4v) is 1.98. The Kier molecular flexibility index (Phi) is 10.2. The van der Waals surface area contributed by atoms with E-state index in [1.807, 2.05) is 0 Å². The number of benzene rings is 1. The molecule has 0 radical (unpaired) electrons. The van der Waals surface area contributed by atoms with Gasteiger partial charge in [-0.05, 0) is 20.8 Å². The summed E-state index contributed by atoms with van der Waals surface area (Å²) in [6, 6.07) is 10.8. The zero-order valence-electron chi connectivity index (χ0n) is 11.5. The first kappa shape index (κ1) is 19.9. The van der Waals surface area contributed by atoms with Crippen LogP contribution in [-0.4, -0.2) is 24.1 Å². The van der Waals surface area contributed by atoms with Crippen LogP contribution in [0.3, 0.4) is 0 Å². The predicted octanol–water partition coefficient (Wildman–Crippen LogP) is 5.82. The quantitative estimate of drug-likeness (QED) is 0.439. The molecule has 0 aromatic heterocycles. The molecule has 0 aliphatic carbocycles. The van der Waals surface area contributed by atoms with Crippen LogP contribution in [0.15, 0.2) is 30.3 Å². The third-order valence-electron chi connectivity index (χ3n) is 3.37. The average molecular weight is 390 g/mol. The molecular weight excluding hydrogens is 368 g/mol. The maximum absolute atomic E-state index is 4.95. The van der Waals surface area contributed by atoms with Gasteiger partial charge >= 0.3 is 49.6 Å². The summed E-state index contributed by atoms with van der Waals surface area (Å²) in [4.78, 5) is 0. The number of hydrogen-bond acceptors (Lipinski definition) is 0. The van der Waals surface area contributed by atoms with Crippen LogP contribution in [0.2, 0.25) is 0 Å². The van der Waals surface area contributed by atoms with Gasteiger partial charge in [0.15, 0.2) is 0 Å². The Hall–Kier alpha value is 0.859. The Morgan fingerprint density at radius 1 is 0.842 bits per heavy atom. The van der Waals surface area contributed by atoms with Crippen LogP contribution in [0, 0.1) is 0 Å². The van der Waals surface area contributed by atoms with E-state index in [9.17, 15) is 0 Å². The van der Waals surface area contributed by atoms with E-state index in [0.717, 1.165) is 0 Å². The summed E-state index contributed by atoms with van der Waals surface area (Å²) in [5.74, 6) is 0. The third-order valence-corrected chi connectivity index (χ3v) is 3.37. The fraction of sp³-hybridized carbons (Fsp3) is 0.538.